The molecule has 29 heavy (non-hydrogen) atoms. The molecule has 4 heteroatoms. The number of hydrogen-bond acceptors (Lipinski definition) is 4. The first kappa shape index (κ1) is 24.8. The molecule has 0 radical (unpaired) electrons. The first-order chi connectivity index (χ1) is 14.1. The molecule has 0 saturated heterocycles. The van der Waals surface area contributed by atoms with Crippen LogP contribution in [0, 0.1) is 11.8 Å². The molecule has 1 rings (SSSR count). The standard InChI is InChI=1S/C25H36O4/c1-4-7-8-9-10-11-12-13-16-20-28-24(26)22-18-14-15-19-23(22)25(27)29-21(6-3)17-5-2/h14-15,18-19,21H,4,6-13,16,20H2,1-3H3. The zero-order valence-corrected chi connectivity index (χ0v) is 18.3. The Balaban J connectivity index is 2.41. The van der Waals surface area contributed by atoms with Crippen molar-refractivity contribution in [2.45, 2.75) is 91.1 Å². The second-order valence-corrected chi connectivity index (χ2v) is 7.21. The second-order valence-electron chi connectivity index (χ2n) is 7.21. The summed E-state index contributed by atoms with van der Waals surface area (Å²) in [5, 5.41) is 0. The van der Waals surface area contributed by atoms with E-state index < -0.39 is 18.0 Å². The Morgan fingerprint density at radius 1 is 0.862 bits per heavy atom. The summed E-state index contributed by atoms with van der Waals surface area (Å²) < 4.78 is 10.8. The zero-order valence-electron chi connectivity index (χ0n) is 18.3. The molecule has 0 aromatic heterocycles. The molecule has 0 bridgehead atoms. The summed E-state index contributed by atoms with van der Waals surface area (Å²) in [4.78, 5) is 24.9. The number of carbonyl (C=O) groups is 2. The van der Waals surface area contributed by atoms with Crippen LogP contribution in [0.4, 0.5) is 0 Å². The molecule has 160 valence electrons. The van der Waals surface area contributed by atoms with E-state index in [9.17, 15) is 9.59 Å². The average Bonchev–Trinajstić information content (AvgIpc) is 2.74. The fourth-order valence-electron chi connectivity index (χ4n) is 3.06. The number of unbranched alkanes of at least 4 members (excludes halogenated alkanes) is 8. The van der Waals surface area contributed by atoms with Crippen molar-refractivity contribution in [2.24, 2.45) is 0 Å². The molecule has 0 heterocycles. The highest BCUT2D eigenvalue weighted by molar-refractivity contribution is 6.03. The van der Waals surface area contributed by atoms with Gasteiger partial charge in [0.25, 0.3) is 0 Å². The number of rotatable bonds is 14. The average molecular weight is 401 g/mol. The van der Waals surface area contributed by atoms with Crippen molar-refractivity contribution < 1.29 is 19.1 Å². The first-order valence-electron chi connectivity index (χ1n) is 11.0. The fraction of sp³-hybridized carbons (Fsp3) is 0.600. The van der Waals surface area contributed by atoms with E-state index in [0.717, 1.165) is 12.8 Å². The van der Waals surface area contributed by atoms with Crippen LogP contribution in [-0.4, -0.2) is 24.6 Å². The molecule has 0 amide bonds. The fourth-order valence-corrected chi connectivity index (χ4v) is 3.06. The summed E-state index contributed by atoms with van der Waals surface area (Å²) in [6.07, 6.45) is 11.0. The largest absolute Gasteiger partial charge is 0.462 e. The Morgan fingerprint density at radius 2 is 1.41 bits per heavy atom. The highest BCUT2D eigenvalue weighted by atomic mass is 16.5. The maximum Gasteiger partial charge on any atom is 0.340 e. The molecular formula is C25H36O4. The van der Waals surface area contributed by atoms with Gasteiger partial charge in [-0.25, -0.2) is 9.59 Å². The lowest BCUT2D eigenvalue weighted by Crippen LogP contribution is -2.19. The van der Waals surface area contributed by atoms with E-state index in [-0.39, 0.29) is 11.1 Å². The van der Waals surface area contributed by atoms with Gasteiger partial charge in [0.1, 0.15) is 0 Å². The van der Waals surface area contributed by atoms with E-state index in [4.69, 9.17) is 9.47 Å². The molecule has 0 spiro atoms. The van der Waals surface area contributed by atoms with Crippen molar-refractivity contribution in [3.63, 3.8) is 0 Å². The van der Waals surface area contributed by atoms with Gasteiger partial charge in [-0.3, -0.25) is 0 Å². The minimum Gasteiger partial charge on any atom is -0.462 e. The smallest absolute Gasteiger partial charge is 0.340 e. The highest BCUT2D eigenvalue weighted by Crippen LogP contribution is 2.15. The summed E-state index contributed by atoms with van der Waals surface area (Å²) in [7, 11) is 0. The molecule has 4 nitrogen and oxygen atoms in total. The van der Waals surface area contributed by atoms with E-state index in [2.05, 4.69) is 18.8 Å². The van der Waals surface area contributed by atoms with Crippen LogP contribution in [0.15, 0.2) is 24.3 Å². The van der Waals surface area contributed by atoms with Gasteiger partial charge in [0.2, 0.25) is 0 Å². The number of esters is 2. The minimum atomic E-state index is -0.546. The molecule has 1 aromatic carbocycles. The van der Waals surface area contributed by atoms with Crippen molar-refractivity contribution in [3.05, 3.63) is 35.4 Å². The van der Waals surface area contributed by atoms with Crippen LogP contribution in [0.3, 0.4) is 0 Å². The van der Waals surface area contributed by atoms with Gasteiger partial charge in [-0.1, -0.05) is 83.3 Å². The van der Waals surface area contributed by atoms with Crippen LogP contribution in [0.5, 0.6) is 0 Å². The minimum absolute atomic E-state index is 0.223. The lowest BCUT2D eigenvalue weighted by atomic mass is 10.1. The molecular weight excluding hydrogens is 364 g/mol. The first-order valence-corrected chi connectivity index (χ1v) is 11.0. The Bertz CT molecular complexity index is 669. The van der Waals surface area contributed by atoms with E-state index in [0.29, 0.717) is 13.0 Å². The topological polar surface area (TPSA) is 52.6 Å². The van der Waals surface area contributed by atoms with Crippen molar-refractivity contribution in [3.8, 4) is 11.8 Å². The summed E-state index contributed by atoms with van der Waals surface area (Å²) in [5.74, 6) is 4.57. The van der Waals surface area contributed by atoms with Gasteiger partial charge in [-0.15, -0.1) is 5.92 Å². The van der Waals surface area contributed by atoms with E-state index in [1.165, 1.54) is 44.9 Å². The highest BCUT2D eigenvalue weighted by Gasteiger charge is 2.20. The molecule has 1 aromatic rings. The molecule has 0 aliphatic carbocycles. The van der Waals surface area contributed by atoms with Gasteiger partial charge in [-0.2, -0.15) is 0 Å². The molecule has 0 aliphatic heterocycles. The molecule has 0 aliphatic rings. The predicted molar refractivity (Wildman–Crippen MR) is 117 cm³/mol. The summed E-state index contributed by atoms with van der Waals surface area (Å²) in [6, 6.07) is 6.61. The molecule has 0 fully saturated rings. The Morgan fingerprint density at radius 3 is 1.97 bits per heavy atom. The molecule has 1 unspecified atom stereocenters. The lowest BCUT2D eigenvalue weighted by Gasteiger charge is -2.13. The number of ether oxygens (including phenoxy) is 2. The SMILES string of the molecule is CC#CC(CC)OC(=O)c1ccccc1C(=O)OCCCCCCCCCCC. The van der Waals surface area contributed by atoms with Crippen LogP contribution in [0.2, 0.25) is 0 Å². The molecule has 0 saturated carbocycles. The third-order valence-electron chi connectivity index (χ3n) is 4.77. The van der Waals surface area contributed by atoms with Crippen molar-refractivity contribution in [1.82, 2.24) is 0 Å². The van der Waals surface area contributed by atoms with Crippen molar-refractivity contribution >= 4 is 11.9 Å². The van der Waals surface area contributed by atoms with Gasteiger partial charge in [-0.05, 0) is 31.9 Å². The van der Waals surface area contributed by atoms with Crippen molar-refractivity contribution in [1.29, 1.82) is 0 Å². The van der Waals surface area contributed by atoms with Gasteiger partial charge in [0.05, 0.1) is 17.7 Å². The monoisotopic (exact) mass is 400 g/mol. The summed E-state index contributed by atoms with van der Waals surface area (Å²) in [6.45, 7) is 6.20. The van der Waals surface area contributed by atoms with E-state index in [1.807, 2.05) is 6.92 Å². The quantitative estimate of drug-likeness (QED) is 0.208. The summed E-state index contributed by atoms with van der Waals surface area (Å²) >= 11 is 0. The number of carbonyl (C=O) groups excluding carboxylic acids is 2. The zero-order chi connectivity index (χ0) is 21.3. The van der Waals surface area contributed by atoms with Gasteiger partial charge >= 0.3 is 11.9 Å². The van der Waals surface area contributed by atoms with Crippen LogP contribution < -0.4 is 0 Å². The third-order valence-corrected chi connectivity index (χ3v) is 4.77. The van der Waals surface area contributed by atoms with Crippen molar-refractivity contribution in [2.75, 3.05) is 6.61 Å². The normalized spacial score (nSPS) is 11.3. The third kappa shape index (κ3) is 10.2. The molecule has 1 atom stereocenters. The Labute approximate surface area is 176 Å². The Hall–Kier alpha value is -2.28. The van der Waals surface area contributed by atoms with Gasteiger partial charge in [0, 0.05) is 0 Å². The van der Waals surface area contributed by atoms with Gasteiger partial charge in [0.15, 0.2) is 6.10 Å². The maximum atomic E-state index is 12.5. The number of hydrogen-bond donors (Lipinski definition) is 0. The number of benzene rings is 1. The van der Waals surface area contributed by atoms with Crippen LogP contribution in [0.25, 0.3) is 0 Å². The van der Waals surface area contributed by atoms with Gasteiger partial charge < -0.3 is 9.47 Å². The molecule has 0 N–H and O–H groups in total. The maximum absolute atomic E-state index is 12.5. The van der Waals surface area contributed by atoms with E-state index >= 15 is 0 Å². The van der Waals surface area contributed by atoms with Crippen LogP contribution in [-0.2, 0) is 9.47 Å². The lowest BCUT2D eigenvalue weighted by molar-refractivity contribution is 0.0384. The van der Waals surface area contributed by atoms with Crippen LogP contribution in [0.1, 0.15) is 106 Å². The predicted octanol–water partition coefficient (Wildman–Crippen LogP) is 6.33. The van der Waals surface area contributed by atoms with E-state index in [1.54, 1.807) is 31.2 Å². The summed E-state index contributed by atoms with van der Waals surface area (Å²) in [5.41, 5.74) is 0.466. The Kier molecular flexibility index (Phi) is 13.3. The van der Waals surface area contributed by atoms with Crippen LogP contribution >= 0.6 is 0 Å². The second kappa shape index (κ2) is 15.6.